The van der Waals surface area contributed by atoms with Crippen molar-refractivity contribution in [2.45, 2.75) is 6.92 Å². The zero-order chi connectivity index (χ0) is 11.8. The summed E-state index contributed by atoms with van der Waals surface area (Å²) in [7, 11) is 0. The van der Waals surface area contributed by atoms with E-state index in [2.05, 4.69) is 16.0 Å². The Hall–Kier alpha value is -1.87. The Kier molecular flexibility index (Phi) is 2.34. The quantitative estimate of drug-likeness (QED) is 0.656. The molecule has 0 aliphatic heterocycles. The number of rotatable bonds is 1. The van der Waals surface area contributed by atoms with Crippen LogP contribution >= 0.6 is 11.6 Å². The molecule has 0 fully saturated rings. The van der Waals surface area contributed by atoms with Gasteiger partial charge in [-0.2, -0.15) is 0 Å². The lowest BCUT2D eigenvalue weighted by atomic mass is 10.1. The molecule has 0 unspecified atom stereocenters. The number of aromatic nitrogens is 3. The molecule has 2 aromatic heterocycles. The fourth-order valence-electron chi connectivity index (χ4n) is 1.89. The molecule has 0 aliphatic rings. The van der Waals surface area contributed by atoms with Crippen molar-refractivity contribution >= 4 is 22.5 Å². The molecule has 84 valence electrons. The minimum Gasteiger partial charge on any atom is -0.306 e. The summed E-state index contributed by atoms with van der Waals surface area (Å²) in [6, 6.07) is 5.92. The van der Waals surface area contributed by atoms with Gasteiger partial charge in [0.2, 0.25) is 0 Å². The molecule has 0 amide bonds. The van der Waals surface area contributed by atoms with Crippen LogP contribution in [0.1, 0.15) is 5.56 Å². The number of benzene rings is 1. The lowest BCUT2D eigenvalue weighted by Crippen LogP contribution is -1.93. The van der Waals surface area contributed by atoms with Crippen LogP contribution < -0.4 is 0 Å². The number of nitrogens with zero attached hydrogens (tertiary/aromatic N) is 3. The fourth-order valence-corrected chi connectivity index (χ4v) is 2.05. The molecule has 0 aliphatic carbocycles. The standard InChI is InChI=1S/C13H10ClN3/c1-9-6-10-12(7-11(9)14)16-3-2-13(10)17-5-4-15-8-17/h2-8H,1H3. The maximum Gasteiger partial charge on any atom is 0.0991 e. The molecule has 2 heterocycles. The number of fused-ring (bicyclic) bond motifs is 1. The average Bonchev–Trinajstić information content (AvgIpc) is 2.83. The van der Waals surface area contributed by atoms with Crippen molar-refractivity contribution in [3.8, 4) is 5.69 Å². The van der Waals surface area contributed by atoms with Crippen LogP contribution in [0.25, 0.3) is 16.6 Å². The van der Waals surface area contributed by atoms with E-state index in [0.29, 0.717) is 0 Å². The summed E-state index contributed by atoms with van der Waals surface area (Å²) in [6.07, 6.45) is 7.23. The highest BCUT2D eigenvalue weighted by Crippen LogP contribution is 2.26. The molecule has 0 saturated carbocycles. The Morgan fingerprint density at radius 1 is 1.24 bits per heavy atom. The summed E-state index contributed by atoms with van der Waals surface area (Å²) in [5.74, 6) is 0. The lowest BCUT2D eigenvalue weighted by molar-refractivity contribution is 1.06. The minimum absolute atomic E-state index is 0.743. The largest absolute Gasteiger partial charge is 0.306 e. The third-order valence-electron chi connectivity index (χ3n) is 2.78. The molecule has 0 spiro atoms. The highest BCUT2D eigenvalue weighted by molar-refractivity contribution is 6.32. The SMILES string of the molecule is Cc1cc2c(-n3ccnc3)ccnc2cc1Cl. The normalized spacial score (nSPS) is 10.9. The van der Waals surface area contributed by atoms with Crippen LogP contribution in [0.3, 0.4) is 0 Å². The second kappa shape index (κ2) is 3.86. The summed E-state index contributed by atoms with van der Waals surface area (Å²) >= 11 is 6.11. The fraction of sp³-hybridized carbons (Fsp3) is 0.0769. The molecule has 17 heavy (non-hydrogen) atoms. The van der Waals surface area contributed by atoms with Crippen LogP contribution in [0.4, 0.5) is 0 Å². The van der Waals surface area contributed by atoms with Crippen LogP contribution in [0.5, 0.6) is 0 Å². The molecule has 0 saturated heterocycles. The molecule has 0 atom stereocenters. The van der Waals surface area contributed by atoms with Crippen molar-refractivity contribution in [1.82, 2.24) is 14.5 Å². The predicted octanol–water partition coefficient (Wildman–Crippen LogP) is 3.38. The van der Waals surface area contributed by atoms with E-state index in [4.69, 9.17) is 11.6 Å². The van der Waals surface area contributed by atoms with Gasteiger partial charge in [0, 0.05) is 29.0 Å². The lowest BCUT2D eigenvalue weighted by Gasteiger charge is -2.08. The van der Waals surface area contributed by atoms with E-state index < -0.39 is 0 Å². The van der Waals surface area contributed by atoms with E-state index in [9.17, 15) is 0 Å². The van der Waals surface area contributed by atoms with E-state index in [1.807, 2.05) is 29.8 Å². The summed E-state index contributed by atoms with van der Waals surface area (Å²) in [5, 5.41) is 1.82. The topological polar surface area (TPSA) is 30.7 Å². The van der Waals surface area contributed by atoms with E-state index in [1.54, 1.807) is 18.7 Å². The molecular formula is C13H10ClN3. The maximum absolute atomic E-state index is 6.11. The third kappa shape index (κ3) is 1.68. The second-order valence-electron chi connectivity index (χ2n) is 3.92. The van der Waals surface area contributed by atoms with Gasteiger partial charge in [-0.25, -0.2) is 4.98 Å². The number of imidazole rings is 1. The Morgan fingerprint density at radius 3 is 2.88 bits per heavy atom. The average molecular weight is 244 g/mol. The van der Waals surface area contributed by atoms with Gasteiger partial charge in [-0.15, -0.1) is 0 Å². The highest BCUT2D eigenvalue weighted by Gasteiger charge is 2.06. The molecule has 0 radical (unpaired) electrons. The summed E-state index contributed by atoms with van der Waals surface area (Å²) in [4.78, 5) is 8.40. The maximum atomic E-state index is 6.11. The van der Waals surface area contributed by atoms with Gasteiger partial charge in [0.05, 0.1) is 17.5 Å². The molecule has 0 bridgehead atoms. The Labute approximate surface area is 104 Å². The van der Waals surface area contributed by atoms with Crippen molar-refractivity contribution < 1.29 is 0 Å². The number of aryl methyl sites for hydroxylation is 1. The van der Waals surface area contributed by atoms with Crippen LogP contribution in [0.2, 0.25) is 5.02 Å². The molecule has 3 rings (SSSR count). The van der Waals surface area contributed by atoms with E-state index in [-0.39, 0.29) is 0 Å². The number of halogens is 1. The monoisotopic (exact) mass is 243 g/mol. The number of hydrogen-bond donors (Lipinski definition) is 0. The molecule has 3 nitrogen and oxygen atoms in total. The van der Waals surface area contributed by atoms with Gasteiger partial charge in [-0.1, -0.05) is 11.6 Å². The van der Waals surface area contributed by atoms with E-state index in [0.717, 1.165) is 27.2 Å². The van der Waals surface area contributed by atoms with Gasteiger partial charge in [-0.05, 0) is 30.7 Å². The first kappa shape index (κ1) is 10.3. The first-order chi connectivity index (χ1) is 8.25. The number of pyridine rings is 1. The number of hydrogen-bond acceptors (Lipinski definition) is 2. The first-order valence-corrected chi connectivity index (χ1v) is 5.67. The van der Waals surface area contributed by atoms with Crippen LogP contribution in [-0.4, -0.2) is 14.5 Å². The third-order valence-corrected chi connectivity index (χ3v) is 3.19. The Bertz CT molecular complexity index is 674. The molecule has 0 N–H and O–H groups in total. The molecular weight excluding hydrogens is 234 g/mol. The van der Waals surface area contributed by atoms with Gasteiger partial charge in [0.25, 0.3) is 0 Å². The highest BCUT2D eigenvalue weighted by atomic mass is 35.5. The molecule has 3 aromatic rings. The van der Waals surface area contributed by atoms with Crippen LogP contribution in [-0.2, 0) is 0 Å². The zero-order valence-electron chi connectivity index (χ0n) is 9.26. The molecule has 1 aromatic carbocycles. The Balaban J connectivity index is 2.36. The van der Waals surface area contributed by atoms with Crippen LogP contribution in [0.15, 0.2) is 43.1 Å². The van der Waals surface area contributed by atoms with Crippen molar-refractivity contribution in [1.29, 1.82) is 0 Å². The summed E-state index contributed by atoms with van der Waals surface area (Å²) < 4.78 is 1.97. The van der Waals surface area contributed by atoms with Gasteiger partial charge >= 0.3 is 0 Å². The van der Waals surface area contributed by atoms with Crippen molar-refractivity contribution in [3.05, 3.63) is 53.7 Å². The van der Waals surface area contributed by atoms with Gasteiger partial charge in [-0.3, -0.25) is 4.98 Å². The van der Waals surface area contributed by atoms with Crippen molar-refractivity contribution in [2.75, 3.05) is 0 Å². The summed E-state index contributed by atoms with van der Waals surface area (Å²) in [6.45, 7) is 1.99. The smallest absolute Gasteiger partial charge is 0.0991 e. The minimum atomic E-state index is 0.743. The van der Waals surface area contributed by atoms with Gasteiger partial charge in [0.15, 0.2) is 0 Å². The van der Waals surface area contributed by atoms with Gasteiger partial charge < -0.3 is 4.57 Å². The Morgan fingerprint density at radius 2 is 2.12 bits per heavy atom. The molecule has 4 heteroatoms. The van der Waals surface area contributed by atoms with Crippen molar-refractivity contribution in [2.24, 2.45) is 0 Å². The van der Waals surface area contributed by atoms with Gasteiger partial charge in [0.1, 0.15) is 0 Å². The zero-order valence-corrected chi connectivity index (χ0v) is 10.0. The second-order valence-corrected chi connectivity index (χ2v) is 4.33. The van der Waals surface area contributed by atoms with Crippen molar-refractivity contribution in [3.63, 3.8) is 0 Å². The summed E-state index contributed by atoms with van der Waals surface area (Å²) in [5.41, 5.74) is 3.01. The van der Waals surface area contributed by atoms with Crippen LogP contribution in [0, 0.1) is 6.92 Å². The van der Waals surface area contributed by atoms with E-state index >= 15 is 0 Å². The van der Waals surface area contributed by atoms with E-state index in [1.165, 1.54) is 0 Å². The first-order valence-electron chi connectivity index (χ1n) is 5.29. The predicted molar refractivity (Wildman–Crippen MR) is 68.6 cm³/mol.